The average Bonchev–Trinajstić information content (AvgIpc) is 2.77. The second-order valence-corrected chi connectivity index (χ2v) is 8.34. The van der Waals surface area contributed by atoms with Crippen LogP contribution in [0.15, 0.2) is 53.4 Å². The number of carbonyl (C=O) groups is 1. The molecule has 1 aliphatic heterocycles. The number of piperazine rings is 1. The van der Waals surface area contributed by atoms with E-state index >= 15 is 0 Å². The first-order valence-corrected chi connectivity index (χ1v) is 10.4. The molecule has 11 heteroatoms. The van der Waals surface area contributed by atoms with E-state index in [1.165, 1.54) is 23.1 Å². The van der Waals surface area contributed by atoms with E-state index in [1.807, 2.05) is 6.07 Å². The third kappa shape index (κ3) is 4.56. The third-order valence-corrected chi connectivity index (χ3v) is 6.56. The molecule has 10 nitrogen and oxygen atoms in total. The van der Waals surface area contributed by atoms with Gasteiger partial charge in [-0.15, -0.1) is 0 Å². The molecule has 1 fully saturated rings. The van der Waals surface area contributed by atoms with Crippen LogP contribution in [-0.4, -0.2) is 61.2 Å². The van der Waals surface area contributed by atoms with Crippen molar-refractivity contribution in [2.75, 3.05) is 32.8 Å². The van der Waals surface area contributed by atoms with E-state index in [0.29, 0.717) is 11.3 Å². The number of hydrogen-bond acceptors (Lipinski definition) is 7. The smallest absolute Gasteiger partial charge is 0.289 e. The minimum atomic E-state index is -4.05. The van der Waals surface area contributed by atoms with Crippen LogP contribution in [0.25, 0.3) is 0 Å². The van der Waals surface area contributed by atoms with Crippen LogP contribution in [-0.2, 0) is 14.8 Å². The third-order valence-electron chi connectivity index (χ3n) is 4.62. The molecule has 156 valence electrons. The van der Waals surface area contributed by atoms with Gasteiger partial charge in [-0.05, 0) is 30.3 Å². The van der Waals surface area contributed by atoms with E-state index in [4.69, 9.17) is 10.00 Å². The van der Waals surface area contributed by atoms with Gasteiger partial charge in [0.25, 0.3) is 11.6 Å². The summed E-state index contributed by atoms with van der Waals surface area (Å²) >= 11 is 0. The fourth-order valence-electron chi connectivity index (χ4n) is 3.01. The molecule has 3 rings (SSSR count). The molecule has 0 saturated carbocycles. The van der Waals surface area contributed by atoms with Crippen LogP contribution in [0, 0.1) is 21.4 Å². The van der Waals surface area contributed by atoms with Crippen molar-refractivity contribution in [3.05, 3.63) is 64.2 Å². The number of nitro groups is 1. The summed E-state index contributed by atoms with van der Waals surface area (Å²) in [5, 5.41) is 19.9. The summed E-state index contributed by atoms with van der Waals surface area (Å²) in [6.07, 6.45) is 0. The normalized spacial score (nSPS) is 14.7. The highest BCUT2D eigenvalue weighted by atomic mass is 32.2. The minimum Gasteiger partial charge on any atom is -0.484 e. The number of carbonyl (C=O) groups excluding carboxylic acids is 1. The summed E-state index contributed by atoms with van der Waals surface area (Å²) in [6, 6.07) is 13.5. The number of para-hydroxylation sites is 1. The Morgan fingerprint density at radius 1 is 1.10 bits per heavy atom. The van der Waals surface area contributed by atoms with E-state index in [-0.39, 0.29) is 43.6 Å². The van der Waals surface area contributed by atoms with Crippen molar-refractivity contribution in [3.8, 4) is 11.8 Å². The number of hydrogen-bond donors (Lipinski definition) is 0. The number of ether oxygens (including phenoxy) is 1. The molecule has 1 amide bonds. The van der Waals surface area contributed by atoms with Gasteiger partial charge in [0.2, 0.25) is 10.0 Å². The largest absolute Gasteiger partial charge is 0.484 e. The zero-order valence-electron chi connectivity index (χ0n) is 15.8. The van der Waals surface area contributed by atoms with Gasteiger partial charge in [0.15, 0.2) is 11.5 Å². The van der Waals surface area contributed by atoms with Crippen LogP contribution in [0.4, 0.5) is 5.69 Å². The van der Waals surface area contributed by atoms with E-state index in [0.717, 1.165) is 10.4 Å². The summed E-state index contributed by atoms with van der Waals surface area (Å²) in [5.74, 6) is 0.141. The maximum atomic E-state index is 12.8. The van der Waals surface area contributed by atoms with Crippen LogP contribution in [0.5, 0.6) is 5.75 Å². The molecule has 0 atom stereocenters. The Morgan fingerprint density at radius 2 is 1.73 bits per heavy atom. The van der Waals surface area contributed by atoms with Crippen molar-refractivity contribution in [1.29, 1.82) is 5.26 Å². The maximum Gasteiger partial charge on any atom is 0.289 e. The zero-order chi connectivity index (χ0) is 21.7. The van der Waals surface area contributed by atoms with Crippen LogP contribution in [0.3, 0.4) is 0 Å². The quantitative estimate of drug-likeness (QED) is 0.499. The Bertz CT molecular complexity index is 1090. The first kappa shape index (κ1) is 21.2. The van der Waals surface area contributed by atoms with E-state index in [2.05, 4.69) is 0 Å². The summed E-state index contributed by atoms with van der Waals surface area (Å²) < 4.78 is 32.2. The van der Waals surface area contributed by atoms with Gasteiger partial charge >= 0.3 is 0 Å². The second-order valence-electron chi connectivity index (χ2n) is 6.43. The molecule has 2 aromatic rings. The number of rotatable bonds is 6. The Labute approximate surface area is 173 Å². The highest BCUT2D eigenvalue weighted by Gasteiger charge is 2.34. The number of benzene rings is 2. The average molecular weight is 430 g/mol. The number of nitriles is 1. The maximum absolute atomic E-state index is 12.8. The van der Waals surface area contributed by atoms with E-state index in [1.54, 1.807) is 24.3 Å². The van der Waals surface area contributed by atoms with Crippen molar-refractivity contribution in [2.24, 2.45) is 0 Å². The lowest BCUT2D eigenvalue weighted by Gasteiger charge is -2.33. The molecule has 0 spiro atoms. The van der Waals surface area contributed by atoms with Crippen molar-refractivity contribution >= 4 is 21.6 Å². The molecule has 0 radical (unpaired) electrons. The highest BCUT2D eigenvalue weighted by Crippen LogP contribution is 2.27. The van der Waals surface area contributed by atoms with Gasteiger partial charge in [-0.2, -0.15) is 9.57 Å². The highest BCUT2D eigenvalue weighted by molar-refractivity contribution is 7.89. The van der Waals surface area contributed by atoms with Crippen molar-refractivity contribution in [2.45, 2.75) is 4.90 Å². The Hall–Kier alpha value is -3.49. The molecule has 1 heterocycles. The fraction of sp³-hybridized carbons (Fsp3) is 0.263. The standard InChI is InChI=1S/C19H18N4O6S/c20-13-15-5-7-16(8-6-15)29-14-19(24)21-9-11-22(12-10-21)30(27,28)18-4-2-1-3-17(18)23(25)26/h1-8H,9-12,14H2. The summed E-state index contributed by atoms with van der Waals surface area (Å²) in [6.45, 7) is 0.127. The molecule has 0 N–H and O–H groups in total. The fourth-order valence-corrected chi connectivity index (χ4v) is 4.58. The Morgan fingerprint density at radius 3 is 2.33 bits per heavy atom. The van der Waals surface area contributed by atoms with Crippen LogP contribution >= 0.6 is 0 Å². The van der Waals surface area contributed by atoms with Crippen LogP contribution in [0.1, 0.15) is 5.56 Å². The van der Waals surface area contributed by atoms with Gasteiger partial charge in [0.1, 0.15) is 5.75 Å². The molecular weight excluding hydrogens is 412 g/mol. The molecule has 1 saturated heterocycles. The molecule has 0 aliphatic carbocycles. The van der Waals surface area contributed by atoms with Gasteiger partial charge in [-0.1, -0.05) is 12.1 Å². The summed E-state index contributed by atoms with van der Waals surface area (Å²) in [5.41, 5.74) is -0.00326. The van der Waals surface area contributed by atoms with Crippen molar-refractivity contribution < 1.29 is 22.9 Å². The van der Waals surface area contributed by atoms with Crippen molar-refractivity contribution in [1.82, 2.24) is 9.21 Å². The SMILES string of the molecule is N#Cc1ccc(OCC(=O)N2CCN(S(=O)(=O)c3ccccc3[N+](=O)[O-])CC2)cc1. The van der Waals surface area contributed by atoms with Gasteiger partial charge in [0, 0.05) is 32.2 Å². The van der Waals surface area contributed by atoms with Crippen molar-refractivity contribution in [3.63, 3.8) is 0 Å². The van der Waals surface area contributed by atoms with E-state index < -0.39 is 20.6 Å². The molecule has 1 aliphatic rings. The lowest BCUT2D eigenvalue weighted by atomic mass is 10.2. The predicted molar refractivity (Wildman–Crippen MR) is 105 cm³/mol. The molecule has 0 aromatic heterocycles. The minimum absolute atomic E-state index is 0.0248. The lowest BCUT2D eigenvalue weighted by Crippen LogP contribution is -2.51. The number of nitro benzene ring substituents is 1. The van der Waals surface area contributed by atoms with Gasteiger partial charge in [0.05, 0.1) is 16.6 Å². The molecule has 0 bridgehead atoms. The Balaban J connectivity index is 1.59. The second kappa shape index (κ2) is 8.89. The zero-order valence-corrected chi connectivity index (χ0v) is 16.6. The van der Waals surface area contributed by atoms with E-state index in [9.17, 15) is 23.3 Å². The van der Waals surface area contributed by atoms with Gasteiger partial charge in [-0.25, -0.2) is 8.42 Å². The number of sulfonamides is 1. The van der Waals surface area contributed by atoms with Crippen LogP contribution < -0.4 is 4.74 Å². The summed E-state index contributed by atoms with van der Waals surface area (Å²) in [7, 11) is -4.05. The monoisotopic (exact) mass is 430 g/mol. The first-order valence-electron chi connectivity index (χ1n) is 8.97. The van der Waals surface area contributed by atoms with Crippen LogP contribution in [0.2, 0.25) is 0 Å². The topological polar surface area (TPSA) is 134 Å². The summed E-state index contributed by atoms with van der Waals surface area (Å²) in [4.78, 5) is 23.9. The van der Waals surface area contributed by atoms with Gasteiger partial charge in [-0.3, -0.25) is 14.9 Å². The van der Waals surface area contributed by atoms with Gasteiger partial charge < -0.3 is 9.64 Å². The molecular formula is C19H18N4O6S. The number of amides is 1. The first-order chi connectivity index (χ1) is 14.3. The molecule has 2 aromatic carbocycles. The molecule has 30 heavy (non-hydrogen) atoms. The predicted octanol–water partition coefficient (Wildman–Crippen LogP) is 1.38. The number of nitrogens with zero attached hydrogens (tertiary/aromatic N) is 4. The Kier molecular flexibility index (Phi) is 6.29. The lowest BCUT2D eigenvalue weighted by molar-refractivity contribution is -0.387. The molecule has 0 unspecified atom stereocenters.